The van der Waals surface area contributed by atoms with Gasteiger partial charge in [-0.3, -0.25) is 4.98 Å². The predicted octanol–water partition coefficient (Wildman–Crippen LogP) is 3.34. The summed E-state index contributed by atoms with van der Waals surface area (Å²) in [7, 11) is 0. The first-order valence-corrected chi connectivity index (χ1v) is 7.11. The number of rotatable bonds is 7. The van der Waals surface area contributed by atoms with Gasteiger partial charge in [0, 0.05) is 25.5 Å². The molecular formula is C17H22N2O. The molecule has 0 radical (unpaired) electrons. The standard InChI is InChI=1S/C17H22N2O/c1-3-16(20-17-8-4-6-14(2)10-17)13-19-12-15-7-5-9-18-11-15/h4-11,16,19H,3,12-13H2,1-2H3. The Morgan fingerprint density at radius 3 is 2.85 bits per heavy atom. The van der Waals surface area contributed by atoms with Crippen LogP contribution < -0.4 is 10.1 Å². The van der Waals surface area contributed by atoms with E-state index in [4.69, 9.17) is 4.74 Å². The van der Waals surface area contributed by atoms with Crippen molar-refractivity contribution in [3.63, 3.8) is 0 Å². The number of aryl methyl sites for hydroxylation is 1. The minimum Gasteiger partial charge on any atom is -0.489 e. The summed E-state index contributed by atoms with van der Waals surface area (Å²) in [5.74, 6) is 0.944. The summed E-state index contributed by atoms with van der Waals surface area (Å²) in [6.07, 6.45) is 4.84. The summed E-state index contributed by atoms with van der Waals surface area (Å²) in [6, 6.07) is 12.2. The minimum atomic E-state index is 0.188. The second-order valence-electron chi connectivity index (χ2n) is 4.96. The molecule has 1 aromatic heterocycles. The van der Waals surface area contributed by atoms with Gasteiger partial charge in [-0.2, -0.15) is 0 Å². The van der Waals surface area contributed by atoms with Crippen LogP contribution in [0.4, 0.5) is 0 Å². The average Bonchev–Trinajstić information content (AvgIpc) is 2.47. The molecule has 1 heterocycles. The molecular weight excluding hydrogens is 248 g/mol. The van der Waals surface area contributed by atoms with Crippen molar-refractivity contribution in [2.45, 2.75) is 32.9 Å². The molecule has 0 fully saturated rings. The molecule has 0 bridgehead atoms. The van der Waals surface area contributed by atoms with E-state index in [0.717, 1.165) is 25.3 Å². The number of hydrogen-bond donors (Lipinski definition) is 1. The molecule has 3 nitrogen and oxygen atoms in total. The fraction of sp³-hybridized carbons (Fsp3) is 0.353. The Morgan fingerprint density at radius 2 is 2.15 bits per heavy atom. The number of hydrogen-bond acceptors (Lipinski definition) is 3. The van der Waals surface area contributed by atoms with Gasteiger partial charge in [-0.1, -0.05) is 25.1 Å². The van der Waals surface area contributed by atoms with E-state index in [-0.39, 0.29) is 6.10 Å². The number of pyridine rings is 1. The van der Waals surface area contributed by atoms with Crippen molar-refractivity contribution in [1.29, 1.82) is 0 Å². The van der Waals surface area contributed by atoms with Gasteiger partial charge in [-0.25, -0.2) is 0 Å². The van der Waals surface area contributed by atoms with Crippen molar-refractivity contribution in [3.05, 3.63) is 59.9 Å². The first-order valence-electron chi connectivity index (χ1n) is 7.11. The summed E-state index contributed by atoms with van der Waals surface area (Å²) < 4.78 is 6.00. The van der Waals surface area contributed by atoms with E-state index in [9.17, 15) is 0 Å². The lowest BCUT2D eigenvalue weighted by molar-refractivity contribution is 0.193. The van der Waals surface area contributed by atoms with E-state index < -0.39 is 0 Å². The molecule has 106 valence electrons. The zero-order chi connectivity index (χ0) is 14.2. The van der Waals surface area contributed by atoms with Crippen molar-refractivity contribution >= 4 is 0 Å². The molecule has 0 aliphatic heterocycles. The smallest absolute Gasteiger partial charge is 0.120 e. The van der Waals surface area contributed by atoms with Crippen molar-refractivity contribution in [2.24, 2.45) is 0 Å². The maximum atomic E-state index is 6.00. The maximum Gasteiger partial charge on any atom is 0.120 e. The van der Waals surface area contributed by atoms with E-state index in [0.29, 0.717) is 0 Å². The molecule has 1 atom stereocenters. The van der Waals surface area contributed by atoms with Crippen LogP contribution in [0, 0.1) is 6.92 Å². The van der Waals surface area contributed by atoms with Gasteiger partial charge in [0.25, 0.3) is 0 Å². The summed E-state index contributed by atoms with van der Waals surface area (Å²) in [6.45, 7) is 5.88. The van der Waals surface area contributed by atoms with Gasteiger partial charge in [0.05, 0.1) is 0 Å². The Kier molecular flexibility index (Phi) is 5.56. The van der Waals surface area contributed by atoms with Gasteiger partial charge in [0.1, 0.15) is 11.9 Å². The van der Waals surface area contributed by atoms with Crippen LogP contribution in [0.25, 0.3) is 0 Å². The predicted molar refractivity (Wildman–Crippen MR) is 81.8 cm³/mol. The lowest BCUT2D eigenvalue weighted by atomic mass is 10.2. The summed E-state index contributed by atoms with van der Waals surface area (Å²) in [4.78, 5) is 4.11. The third-order valence-electron chi connectivity index (χ3n) is 3.17. The van der Waals surface area contributed by atoms with Crippen LogP contribution in [-0.4, -0.2) is 17.6 Å². The third kappa shape index (κ3) is 4.67. The number of nitrogens with one attached hydrogen (secondary N) is 1. The Hall–Kier alpha value is -1.87. The van der Waals surface area contributed by atoms with Gasteiger partial charge in [0.15, 0.2) is 0 Å². The van der Waals surface area contributed by atoms with Crippen LogP contribution in [0.15, 0.2) is 48.8 Å². The van der Waals surface area contributed by atoms with Crippen molar-refractivity contribution in [3.8, 4) is 5.75 Å². The number of aromatic nitrogens is 1. The molecule has 1 unspecified atom stereocenters. The topological polar surface area (TPSA) is 34.2 Å². The molecule has 3 heteroatoms. The van der Waals surface area contributed by atoms with E-state index in [1.807, 2.05) is 24.4 Å². The molecule has 0 saturated heterocycles. The second-order valence-corrected chi connectivity index (χ2v) is 4.96. The number of ether oxygens (including phenoxy) is 1. The molecule has 2 rings (SSSR count). The highest BCUT2D eigenvalue weighted by Crippen LogP contribution is 2.15. The van der Waals surface area contributed by atoms with E-state index in [2.05, 4.69) is 42.3 Å². The van der Waals surface area contributed by atoms with Gasteiger partial charge in [0.2, 0.25) is 0 Å². The summed E-state index contributed by atoms with van der Waals surface area (Å²) in [5, 5.41) is 3.42. The molecule has 20 heavy (non-hydrogen) atoms. The minimum absolute atomic E-state index is 0.188. The SMILES string of the molecule is CCC(CNCc1cccnc1)Oc1cccc(C)c1. The van der Waals surface area contributed by atoms with Crippen LogP contribution >= 0.6 is 0 Å². The molecule has 2 aromatic rings. The van der Waals surface area contributed by atoms with Crippen molar-refractivity contribution in [2.75, 3.05) is 6.54 Å². The maximum absolute atomic E-state index is 6.00. The molecule has 0 aliphatic rings. The largest absolute Gasteiger partial charge is 0.489 e. The normalized spacial score (nSPS) is 12.1. The average molecular weight is 270 g/mol. The highest BCUT2D eigenvalue weighted by molar-refractivity contribution is 5.27. The van der Waals surface area contributed by atoms with Gasteiger partial charge in [-0.05, 0) is 42.7 Å². The quantitative estimate of drug-likeness (QED) is 0.838. The first kappa shape index (κ1) is 14.5. The molecule has 0 saturated carbocycles. The molecule has 0 amide bonds. The van der Waals surface area contributed by atoms with Crippen LogP contribution in [0.1, 0.15) is 24.5 Å². The summed E-state index contributed by atoms with van der Waals surface area (Å²) >= 11 is 0. The Morgan fingerprint density at radius 1 is 1.25 bits per heavy atom. The van der Waals surface area contributed by atoms with Crippen LogP contribution in [0.5, 0.6) is 5.75 Å². The molecule has 0 spiro atoms. The fourth-order valence-electron chi connectivity index (χ4n) is 2.03. The zero-order valence-corrected chi connectivity index (χ0v) is 12.2. The molecule has 0 aliphatic carbocycles. The highest BCUT2D eigenvalue weighted by Gasteiger charge is 2.07. The zero-order valence-electron chi connectivity index (χ0n) is 12.2. The van der Waals surface area contributed by atoms with Gasteiger partial charge >= 0.3 is 0 Å². The first-order chi connectivity index (χ1) is 9.78. The molecule has 1 aromatic carbocycles. The lowest BCUT2D eigenvalue weighted by Crippen LogP contribution is -2.30. The highest BCUT2D eigenvalue weighted by atomic mass is 16.5. The Bertz CT molecular complexity index is 513. The van der Waals surface area contributed by atoms with Crippen molar-refractivity contribution in [1.82, 2.24) is 10.3 Å². The summed E-state index contributed by atoms with van der Waals surface area (Å²) in [5.41, 5.74) is 2.42. The van der Waals surface area contributed by atoms with Gasteiger partial charge in [-0.15, -0.1) is 0 Å². The van der Waals surface area contributed by atoms with E-state index >= 15 is 0 Å². The number of benzene rings is 1. The van der Waals surface area contributed by atoms with Crippen LogP contribution in [0.3, 0.4) is 0 Å². The lowest BCUT2D eigenvalue weighted by Gasteiger charge is -2.18. The Balaban J connectivity index is 1.80. The number of nitrogens with zero attached hydrogens (tertiary/aromatic N) is 1. The van der Waals surface area contributed by atoms with Gasteiger partial charge < -0.3 is 10.1 Å². The van der Waals surface area contributed by atoms with Crippen LogP contribution in [-0.2, 0) is 6.54 Å². The van der Waals surface area contributed by atoms with Crippen molar-refractivity contribution < 1.29 is 4.74 Å². The second kappa shape index (κ2) is 7.65. The Labute approximate surface area is 121 Å². The third-order valence-corrected chi connectivity index (χ3v) is 3.17. The fourth-order valence-corrected chi connectivity index (χ4v) is 2.03. The van der Waals surface area contributed by atoms with E-state index in [1.165, 1.54) is 11.1 Å². The molecule has 1 N–H and O–H groups in total. The van der Waals surface area contributed by atoms with E-state index in [1.54, 1.807) is 6.20 Å². The monoisotopic (exact) mass is 270 g/mol. The van der Waals surface area contributed by atoms with Crippen LogP contribution in [0.2, 0.25) is 0 Å².